The quantitative estimate of drug-likeness (QED) is 0.875. The van der Waals surface area contributed by atoms with Crippen molar-refractivity contribution in [3.8, 4) is 0 Å². The van der Waals surface area contributed by atoms with Gasteiger partial charge in [-0.05, 0) is 48.6 Å². The van der Waals surface area contributed by atoms with Gasteiger partial charge in [0.15, 0.2) is 0 Å². The lowest BCUT2D eigenvalue weighted by molar-refractivity contribution is 0.170. The third kappa shape index (κ3) is 2.90. The molecule has 0 fully saturated rings. The molecule has 0 aromatic carbocycles. The molecule has 0 spiro atoms. The molecule has 0 amide bonds. The summed E-state index contributed by atoms with van der Waals surface area (Å²) in [5, 5.41) is 2.22. The van der Waals surface area contributed by atoms with Gasteiger partial charge >= 0.3 is 0 Å². The number of nitrogens with two attached hydrogens (primary N) is 1. The summed E-state index contributed by atoms with van der Waals surface area (Å²) in [6.07, 6.45) is 4.86. The molecule has 1 heterocycles. The van der Waals surface area contributed by atoms with E-state index in [0.29, 0.717) is 11.8 Å². The lowest BCUT2D eigenvalue weighted by atomic mass is 9.78. The van der Waals surface area contributed by atoms with Crippen LogP contribution in [0.15, 0.2) is 11.4 Å². The average Bonchev–Trinajstić information content (AvgIpc) is 2.82. The van der Waals surface area contributed by atoms with Crippen molar-refractivity contribution in [2.75, 3.05) is 13.7 Å². The Morgan fingerprint density at radius 2 is 2.41 bits per heavy atom. The Labute approximate surface area is 108 Å². The normalized spacial score (nSPS) is 23.1. The van der Waals surface area contributed by atoms with Crippen molar-refractivity contribution in [1.82, 2.24) is 0 Å². The van der Waals surface area contributed by atoms with Gasteiger partial charge < -0.3 is 10.5 Å². The molecule has 1 aliphatic rings. The van der Waals surface area contributed by atoms with Gasteiger partial charge in [0.05, 0.1) is 0 Å². The summed E-state index contributed by atoms with van der Waals surface area (Å²) in [4.78, 5) is 1.57. The summed E-state index contributed by atoms with van der Waals surface area (Å²) in [5.41, 5.74) is 7.98. The molecule has 2 rings (SSSR count). The lowest BCUT2D eigenvalue weighted by Gasteiger charge is -2.32. The number of methoxy groups -OCH3 is 1. The predicted octanol–water partition coefficient (Wildman–Crippen LogP) is 3.17. The van der Waals surface area contributed by atoms with Crippen molar-refractivity contribution in [3.63, 3.8) is 0 Å². The van der Waals surface area contributed by atoms with E-state index in [2.05, 4.69) is 18.4 Å². The first kappa shape index (κ1) is 13.1. The summed E-state index contributed by atoms with van der Waals surface area (Å²) in [6, 6.07) is 2.56. The number of thiophene rings is 1. The molecular weight excluding hydrogens is 230 g/mol. The monoisotopic (exact) mass is 253 g/mol. The fraction of sp³-hybridized carbons (Fsp3) is 0.714. The van der Waals surface area contributed by atoms with Crippen LogP contribution in [-0.2, 0) is 11.2 Å². The molecule has 2 N–H and O–H groups in total. The first-order valence-electron chi connectivity index (χ1n) is 6.54. The molecule has 2 nitrogen and oxygen atoms in total. The molecule has 0 saturated heterocycles. The zero-order valence-corrected chi connectivity index (χ0v) is 11.6. The molecule has 17 heavy (non-hydrogen) atoms. The van der Waals surface area contributed by atoms with Crippen molar-refractivity contribution in [2.45, 2.75) is 44.6 Å². The highest BCUT2D eigenvalue weighted by molar-refractivity contribution is 7.10. The van der Waals surface area contributed by atoms with Crippen LogP contribution in [0, 0.1) is 5.92 Å². The van der Waals surface area contributed by atoms with Gasteiger partial charge in [0, 0.05) is 30.6 Å². The van der Waals surface area contributed by atoms with Gasteiger partial charge in [-0.2, -0.15) is 0 Å². The summed E-state index contributed by atoms with van der Waals surface area (Å²) in [6.45, 7) is 3.07. The maximum Gasteiger partial charge on any atom is 0.0465 e. The van der Waals surface area contributed by atoms with Crippen LogP contribution in [0.5, 0.6) is 0 Å². The van der Waals surface area contributed by atoms with Crippen LogP contribution >= 0.6 is 11.3 Å². The second-order valence-electron chi connectivity index (χ2n) is 5.13. The molecule has 1 aromatic heterocycles. The van der Waals surface area contributed by atoms with E-state index in [9.17, 15) is 0 Å². The van der Waals surface area contributed by atoms with Crippen molar-refractivity contribution in [3.05, 3.63) is 21.9 Å². The van der Waals surface area contributed by atoms with Gasteiger partial charge in [-0.25, -0.2) is 0 Å². The fourth-order valence-corrected chi connectivity index (χ4v) is 3.81. The Morgan fingerprint density at radius 1 is 1.59 bits per heavy atom. The third-order valence-corrected chi connectivity index (χ3v) is 4.99. The van der Waals surface area contributed by atoms with Gasteiger partial charge in [0.2, 0.25) is 0 Å². The number of rotatable bonds is 5. The number of hydrogen-bond donors (Lipinski definition) is 1. The van der Waals surface area contributed by atoms with Gasteiger partial charge in [0.1, 0.15) is 0 Å². The van der Waals surface area contributed by atoms with Crippen LogP contribution in [0.1, 0.15) is 42.5 Å². The molecule has 3 unspecified atom stereocenters. The SMILES string of the molecule is COCCC(C)C(N)C1CCCc2sccc21. The second kappa shape index (κ2) is 5.98. The molecule has 0 aliphatic heterocycles. The minimum Gasteiger partial charge on any atom is -0.385 e. The van der Waals surface area contributed by atoms with Crippen molar-refractivity contribution >= 4 is 11.3 Å². The molecule has 1 aromatic rings. The molecule has 1 aliphatic carbocycles. The van der Waals surface area contributed by atoms with Crippen molar-refractivity contribution in [2.24, 2.45) is 11.7 Å². The fourth-order valence-electron chi connectivity index (χ4n) is 2.81. The summed E-state index contributed by atoms with van der Waals surface area (Å²) in [5.74, 6) is 1.10. The topological polar surface area (TPSA) is 35.2 Å². The van der Waals surface area contributed by atoms with E-state index in [1.54, 1.807) is 12.0 Å². The Morgan fingerprint density at radius 3 is 3.18 bits per heavy atom. The van der Waals surface area contributed by atoms with E-state index in [1.165, 1.54) is 24.8 Å². The van der Waals surface area contributed by atoms with Gasteiger partial charge in [0.25, 0.3) is 0 Å². The highest BCUT2D eigenvalue weighted by Crippen LogP contribution is 2.38. The highest BCUT2D eigenvalue weighted by Gasteiger charge is 2.29. The Bertz CT molecular complexity index is 350. The van der Waals surface area contributed by atoms with E-state index < -0.39 is 0 Å². The zero-order chi connectivity index (χ0) is 12.3. The first-order valence-corrected chi connectivity index (χ1v) is 7.42. The molecular formula is C14H23NOS. The summed E-state index contributed by atoms with van der Waals surface area (Å²) in [7, 11) is 1.76. The first-order chi connectivity index (χ1) is 8.24. The molecule has 0 bridgehead atoms. The van der Waals surface area contributed by atoms with E-state index in [-0.39, 0.29) is 6.04 Å². The van der Waals surface area contributed by atoms with E-state index in [4.69, 9.17) is 10.5 Å². The minimum absolute atomic E-state index is 0.277. The maximum atomic E-state index is 6.46. The average molecular weight is 253 g/mol. The van der Waals surface area contributed by atoms with Crippen LogP contribution in [0.3, 0.4) is 0 Å². The third-order valence-electron chi connectivity index (χ3n) is 4.00. The highest BCUT2D eigenvalue weighted by atomic mass is 32.1. The molecule has 0 saturated carbocycles. The van der Waals surface area contributed by atoms with Crippen LogP contribution < -0.4 is 5.73 Å². The van der Waals surface area contributed by atoms with Gasteiger partial charge in [-0.15, -0.1) is 11.3 Å². The lowest BCUT2D eigenvalue weighted by Crippen LogP contribution is -2.36. The predicted molar refractivity (Wildman–Crippen MR) is 73.6 cm³/mol. The number of fused-ring (bicyclic) bond motifs is 1. The van der Waals surface area contributed by atoms with Crippen molar-refractivity contribution < 1.29 is 4.74 Å². The van der Waals surface area contributed by atoms with Crippen LogP contribution in [0.2, 0.25) is 0 Å². The zero-order valence-electron chi connectivity index (χ0n) is 10.8. The Kier molecular flexibility index (Phi) is 4.60. The molecule has 0 radical (unpaired) electrons. The Balaban J connectivity index is 2.03. The van der Waals surface area contributed by atoms with Gasteiger partial charge in [-0.1, -0.05) is 6.92 Å². The number of hydrogen-bond acceptors (Lipinski definition) is 3. The standard InChI is InChI=1S/C14H23NOS/c1-10(6-8-16-2)14(15)12-4-3-5-13-11(12)7-9-17-13/h7,9-10,12,14H,3-6,8,15H2,1-2H3. The molecule has 96 valence electrons. The second-order valence-corrected chi connectivity index (χ2v) is 6.13. The molecule has 3 heteroatoms. The van der Waals surface area contributed by atoms with E-state index >= 15 is 0 Å². The Hall–Kier alpha value is -0.380. The summed E-state index contributed by atoms with van der Waals surface area (Å²) < 4.78 is 5.15. The van der Waals surface area contributed by atoms with Crippen molar-refractivity contribution in [1.29, 1.82) is 0 Å². The van der Waals surface area contributed by atoms with Crippen LogP contribution in [-0.4, -0.2) is 19.8 Å². The van der Waals surface area contributed by atoms with Gasteiger partial charge in [-0.3, -0.25) is 0 Å². The number of aryl methyl sites for hydroxylation is 1. The number of ether oxygens (including phenoxy) is 1. The maximum absolute atomic E-state index is 6.46. The summed E-state index contributed by atoms with van der Waals surface area (Å²) >= 11 is 1.90. The smallest absolute Gasteiger partial charge is 0.0465 e. The minimum atomic E-state index is 0.277. The largest absolute Gasteiger partial charge is 0.385 e. The van der Waals surface area contributed by atoms with Crippen LogP contribution in [0.4, 0.5) is 0 Å². The van der Waals surface area contributed by atoms with Crippen LogP contribution in [0.25, 0.3) is 0 Å². The van der Waals surface area contributed by atoms with E-state index in [1.807, 2.05) is 11.3 Å². The molecule has 3 atom stereocenters. The van der Waals surface area contributed by atoms with E-state index in [0.717, 1.165) is 13.0 Å².